The number of alkyl halides is 3. The summed E-state index contributed by atoms with van der Waals surface area (Å²) in [4.78, 5) is 4.50. The lowest BCUT2D eigenvalue weighted by atomic mass is 10.2. The smallest absolute Gasteiger partial charge is 0.252 e. The summed E-state index contributed by atoms with van der Waals surface area (Å²) in [7, 11) is 0. The van der Waals surface area contributed by atoms with E-state index < -0.39 is 11.9 Å². The van der Waals surface area contributed by atoms with Crippen molar-refractivity contribution in [3.63, 3.8) is 0 Å². The number of nitrogens with zero attached hydrogens (tertiary/aromatic N) is 5. The Labute approximate surface area is 112 Å². The predicted octanol–water partition coefficient (Wildman–Crippen LogP) is 2.17. The average molecular weight is 281 g/mol. The van der Waals surface area contributed by atoms with E-state index in [1.807, 2.05) is 6.92 Å². The fourth-order valence-electron chi connectivity index (χ4n) is 1.40. The van der Waals surface area contributed by atoms with Gasteiger partial charge in [-0.25, -0.2) is 0 Å². The number of pyridine rings is 1. The lowest BCUT2D eigenvalue weighted by molar-refractivity contribution is -0.141. The Morgan fingerprint density at radius 3 is 2.80 bits per heavy atom. The van der Waals surface area contributed by atoms with Gasteiger partial charge in [-0.15, -0.1) is 16.1 Å². The van der Waals surface area contributed by atoms with Crippen LogP contribution in [-0.2, 0) is 12.7 Å². The van der Waals surface area contributed by atoms with Crippen molar-refractivity contribution in [3.8, 4) is 23.2 Å². The molecule has 2 rings (SSSR count). The lowest BCUT2D eigenvalue weighted by Gasteiger charge is -2.05. The molecule has 0 spiro atoms. The number of tetrazole rings is 1. The molecule has 0 saturated carbocycles. The Kier molecular flexibility index (Phi) is 3.98. The number of hydrogen-bond donors (Lipinski definition) is 0. The van der Waals surface area contributed by atoms with E-state index in [1.165, 1.54) is 10.9 Å². The monoisotopic (exact) mass is 281 g/mol. The van der Waals surface area contributed by atoms with Gasteiger partial charge in [0.1, 0.15) is 12.2 Å². The highest BCUT2D eigenvalue weighted by molar-refractivity contribution is 5.53. The first kappa shape index (κ1) is 14.0. The fourth-order valence-corrected chi connectivity index (χ4v) is 1.40. The zero-order valence-corrected chi connectivity index (χ0v) is 10.5. The predicted molar refractivity (Wildman–Crippen MR) is 64.1 cm³/mol. The van der Waals surface area contributed by atoms with Gasteiger partial charge in [-0.2, -0.15) is 18.0 Å². The van der Waals surface area contributed by atoms with E-state index in [9.17, 15) is 13.2 Å². The van der Waals surface area contributed by atoms with Gasteiger partial charge in [-0.3, -0.25) is 4.98 Å². The van der Waals surface area contributed by atoms with Crippen molar-refractivity contribution < 1.29 is 13.2 Å². The molecule has 104 valence electrons. The summed E-state index contributed by atoms with van der Waals surface area (Å²) >= 11 is 0. The quantitative estimate of drug-likeness (QED) is 0.792. The Morgan fingerprint density at radius 1 is 1.30 bits per heavy atom. The summed E-state index contributed by atoms with van der Waals surface area (Å²) in [5.74, 6) is 5.75. The second-order valence-corrected chi connectivity index (χ2v) is 3.78. The highest BCUT2D eigenvalue weighted by Gasteiger charge is 2.32. The molecule has 2 heterocycles. The third kappa shape index (κ3) is 3.32. The maximum Gasteiger partial charge on any atom is 0.433 e. The maximum absolute atomic E-state index is 12.6. The number of rotatable bonds is 2. The van der Waals surface area contributed by atoms with Crippen LogP contribution < -0.4 is 0 Å². The zero-order valence-electron chi connectivity index (χ0n) is 10.5. The lowest BCUT2D eigenvalue weighted by Crippen LogP contribution is -2.07. The molecular formula is C12H10F3N5. The Hall–Kier alpha value is -2.43. The molecular weight excluding hydrogens is 271 g/mol. The van der Waals surface area contributed by atoms with Crippen molar-refractivity contribution in [2.75, 3.05) is 0 Å². The van der Waals surface area contributed by atoms with Gasteiger partial charge in [-0.1, -0.05) is 12.8 Å². The van der Waals surface area contributed by atoms with Gasteiger partial charge in [0.05, 0.1) is 0 Å². The zero-order chi connectivity index (χ0) is 14.6. The van der Waals surface area contributed by atoms with Gasteiger partial charge in [0, 0.05) is 18.2 Å². The largest absolute Gasteiger partial charge is 0.433 e. The highest BCUT2D eigenvalue weighted by atomic mass is 19.4. The van der Waals surface area contributed by atoms with E-state index in [0.29, 0.717) is 6.42 Å². The third-order valence-corrected chi connectivity index (χ3v) is 2.28. The number of halogens is 3. The van der Waals surface area contributed by atoms with Gasteiger partial charge >= 0.3 is 6.18 Å². The van der Waals surface area contributed by atoms with Crippen molar-refractivity contribution in [1.82, 2.24) is 25.2 Å². The van der Waals surface area contributed by atoms with E-state index in [-0.39, 0.29) is 17.9 Å². The standard InChI is InChI=1S/C12H10F3N5/c1-2-3-4-7-20-18-11(17-19-20)9-5-6-16-10(8-9)12(13,14)15/h5-6,8H,2,7H2,1H3. The van der Waals surface area contributed by atoms with Crippen molar-refractivity contribution in [1.29, 1.82) is 0 Å². The molecule has 0 amide bonds. The summed E-state index contributed by atoms with van der Waals surface area (Å²) in [6.07, 6.45) is -2.73. The van der Waals surface area contributed by atoms with Crippen molar-refractivity contribution in [2.45, 2.75) is 26.1 Å². The summed E-state index contributed by atoms with van der Waals surface area (Å²) < 4.78 is 37.7. The fraction of sp³-hybridized carbons (Fsp3) is 0.333. The van der Waals surface area contributed by atoms with Crippen LogP contribution in [-0.4, -0.2) is 25.2 Å². The molecule has 0 aliphatic rings. The molecule has 0 aliphatic heterocycles. The molecule has 0 atom stereocenters. The van der Waals surface area contributed by atoms with Crippen molar-refractivity contribution in [3.05, 3.63) is 24.0 Å². The van der Waals surface area contributed by atoms with Crippen LogP contribution in [0.15, 0.2) is 18.3 Å². The van der Waals surface area contributed by atoms with Gasteiger partial charge in [0.25, 0.3) is 0 Å². The van der Waals surface area contributed by atoms with Gasteiger partial charge in [0.2, 0.25) is 5.82 Å². The first-order chi connectivity index (χ1) is 9.50. The van der Waals surface area contributed by atoms with E-state index in [0.717, 1.165) is 12.3 Å². The second kappa shape index (κ2) is 5.69. The Bertz CT molecular complexity index is 651. The molecule has 0 aromatic carbocycles. The van der Waals surface area contributed by atoms with E-state index in [2.05, 4.69) is 32.2 Å². The summed E-state index contributed by atoms with van der Waals surface area (Å²) in [6, 6.07) is 2.29. The average Bonchev–Trinajstić information content (AvgIpc) is 2.87. The van der Waals surface area contributed by atoms with Crippen LogP contribution in [0.25, 0.3) is 11.4 Å². The van der Waals surface area contributed by atoms with Crippen LogP contribution in [0, 0.1) is 11.8 Å². The highest BCUT2D eigenvalue weighted by Crippen LogP contribution is 2.29. The molecule has 0 aliphatic carbocycles. The van der Waals surface area contributed by atoms with Crippen LogP contribution in [0.5, 0.6) is 0 Å². The van der Waals surface area contributed by atoms with Crippen LogP contribution >= 0.6 is 0 Å². The summed E-state index contributed by atoms with van der Waals surface area (Å²) in [5.41, 5.74) is -0.779. The topological polar surface area (TPSA) is 56.5 Å². The summed E-state index contributed by atoms with van der Waals surface area (Å²) in [6.45, 7) is 2.15. The molecule has 8 heteroatoms. The van der Waals surface area contributed by atoms with E-state index >= 15 is 0 Å². The van der Waals surface area contributed by atoms with Gasteiger partial charge in [0.15, 0.2) is 0 Å². The first-order valence-electron chi connectivity index (χ1n) is 5.78. The molecule has 2 aromatic rings. The van der Waals surface area contributed by atoms with Crippen molar-refractivity contribution in [2.24, 2.45) is 0 Å². The molecule has 0 saturated heterocycles. The second-order valence-electron chi connectivity index (χ2n) is 3.78. The molecule has 20 heavy (non-hydrogen) atoms. The molecule has 0 fully saturated rings. The molecule has 0 unspecified atom stereocenters. The molecule has 5 nitrogen and oxygen atoms in total. The minimum atomic E-state index is -4.50. The molecule has 2 aromatic heterocycles. The van der Waals surface area contributed by atoms with E-state index in [4.69, 9.17) is 0 Å². The molecule has 0 N–H and O–H groups in total. The molecule has 0 radical (unpaired) electrons. The SMILES string of the molecule is CCC#CCn1nnc(-c2ccnc(C(F)(F)F)c2)n1. The van der Waals surface area contributed by atoms with Gasteiger partial charge in [-0.05, 0) is 17.3 Å². The Morgan fingerprint density at radius 2 is 2.10 bits per heavy atom. The maximum atomic E-state index is 12.6. The summed E-state index contributed by atoms with van der Waals surface area (Å²) in [5, 5.41) is 11.4. The molecule has 0 bridgehead atoms. The van der Waals surface area contributed by atoms with Crippen molar-refractivity contribution >= 4 is 0 Å². The van der Waals surface area contributed by atoms with Crippen LogP contribution in [0.2, 0.25) is 0 Å². The van der Waals surface area contributed by atoms with Crippen LogP contribution in [0.1, 0.15) is 19.0 Å². The number of aromatic nitrogens is 5. The minimum absolute atomic E-state index is 0.108. The third-order valence-electron chi connectivity index (χ3n) is 2.28. The number of hydrogen-bond acceptors (Lipinski definition) is 4. The Balaban J connectivity index is 2.24. The normalized spacial score (nSPS) is 11.0. The van der Waals surface area contributed by atoms with Crippen LogP contribution in [0.3, 0.4) is 0 Å². The van der Waals surface area contributed by atoms with Gasteiger partial charge < -0.3 is 0 Å². The van der Waals surface area contributed by atoms with E-state index in [1.54, 1.807) is 0 Å². The minimum Gasteiger partial charge on any atom is -0.252 e. The van der Waals surface area contributed by atoms with Crippen LogP contribution in [0.4, 0.5) is 13.2 Å². The first-order valence-corrected chi connectivity index (χ1v) is 5.78.